The Morgan fingerprint density at radius 3 is 2.27 bits per heavy atom. The fraction of sp³-hybridized carbons (Fsp3) is 0.211. The summed E-state index contributed by atoms with van der Waals surface area (Å²) in [4.78, 5) is 23.2. The Bertz CT molecular complexity index is 791. The highest BCUT2D eigenvalue weighted by molar-refractivity contribution is 7.80. The molecular formula is C19H21N3O3S. The summed E-state index contributed by atoms with van der Waals surface area (Å²) < 4.78 is 5.46. The monoisotopic (exact) mass is 371 g/mol. The Kier molecular flexibility index (Phi) is 7.11. The lowest BCUT2D eigenvalue weighted by molar-refractivity contribution is -0.119. The molecule has 0 aliphatic carbocycles. The molecule has 0 radical (unpaired) electrons. The second-order valence-electron chi connectivity index (χ2n) is 5.59. The Hall–Kier alpha value is -2.93. The molecule has 0 saturated carbocycles. The maximum Gasteiger partial charge on any atom is 0.262 e. The zero-order valence-corrected chi connectivity index (χ0v) is 15.5. The van der Waals surface area contributed by atoms with Crippen LogP contribution in [0.1, 0.15) is 18.9 Å². The van der Waals surface area contributed by atoms with Gasteiger partial charge in [-0.2, -0.15) is 0 Å². The number of anilines is 2. The number of aryl methyl sites for hydroxylation is 1. The molecule has 7 heteroatoms. The Morgan fingerprint density at radius 2 is 1.65 bits per heavy atom. The molecule has 2 rings (SSSR count). The molecule has 3 N–H and O–H groups in total. The maximum atomic E-state index is 12.0. The maximum absolute atomic E-state index is 12.0. The van der Waals surface area contributed by atoms with Gasteiger partial charge >= 0.3 is 0 Å². The van der Waals surface area contributed by atoms with Crippen LogP contribution in [-0.4, -0.2) is 23.5 Å². The molecule has 2 amide bonds. The molecule has 0 aliphatic rings. The van der Waals surface area contributed by atoms with Crippen molar-refractivity contribution < 1.29 is 14.3 Å². The first-order chi connectivity index (χ1) is 12.5. The molecule has 0 heterocycles. The van der Waals surface area contributed by atoms with Crippen LogP contribution in [0.4, 0.5) is 11.4 Å². The summed E-state index contributed by atoms with van der Waals surface area (Å²) in [5.74, 6) is 0.250. The van der Waals surface area contributed by atoms with Crippen molar-refractivity contribution in [2.45, 2.75) is 20.3 Å². The minimum absolute atomic E-state index is 0.0728. The van der Waals surface area contributed by atoms with Gasteiger partial charge in [0.25, 0.3) is 5.91 Å². The number of carbonyl (C=O) groups is 2. The van der Waals surface area contributed by atoms with Gasteiger partial charge in [-0.05, 0) is 61.1 Å². The van der Waals surface area contributed by atoms with Crippen LogP contribution in [0.2, 0.25) is 0 Å². The van der Waals surface area contributed by atoms with Gasteiger partial charge in [-0.1, -0.05) is 19.1 Å². The number of hydrogen-bond acceptors (Lipinski definition) is 4. The van der Waals surface area contributed by atoms with E-state index in [1.165, 1.54) is 0 Å². The molecule has 0 fully saturated rings. The van der Waals surface area contributed by atoms with E-state index in [0.717, 1.165) is 5.56 Å². The van der Waals surface area contributed by atoms with Crippen molar-refractivity contribution in [1.29, 1.82) is 0 Å². The minimum Gasteiger partial charge on any atom is -0.484 e. The Morgan fingerprint density at radius 1 is 1.00 bits per heavy atom. The number of thiocarbonyl (C=S) groups is 1. The van der Waals surface area contributed by atoms with E-state index in [1.54, 1.807) is 37.3 Å². The third kappa shape index (κ3) is 6.52. The molecule has 2 aromatic carbocycles. The van der Waals surface area contributed by atoms with Crippen LogP contribution in [-0.2, 0) is 9.59 Å². The van der Waals surface area contributed by atoms with Gasteiger partial charge in [0, 0.05) is 17.8 Å². The van der Waals surface area contributed by atoms with Crippen molar-refractivity contribution >= 4 is 40.5 Å². The zero-order chi connectivity index (χ0) is 18.9. The predicted molar refractivity (Wildman–Crippen MR) is 106 cm³/mol. The first-order valence-corrected chi connectivity index (χ1v) is 8.57. The van der Waals surface area contributed by atoms with Crippen LogP contribution < -0.4 is 20.7 Å². The highest BCUT2D eigenvalue weighted by atomic mass is 32.1. The largest absolute Gasteiger partial charge is 0.484 e. The average molecular weight is 371 g/mol. The van der Waals surface area contributed by atoms with Gasteiger partial charge in [-0.15, -0.1) is 0 Å². The van der Waals surface area contributed by atoms with Crippen molar-refractivity contribution in [3.05, 3.63) is 54.1 Å². The minimum atomic E-state index is -0.252. The SMILES string of the molecule is CCC(=O)NC(=S)Nc1ccc(NC(=O)COc2cccc(C)c2)cc1. The normalized spacial score (nSPS) is 9.92. The van der Waals surface area contributed by atoms with E-state index >= 15 is 0 Å². The van der Waals surface area contributed by atoms with E-state index in [1.807, 2.05) is 25.1 Å². The first-order valence-electron chi connectivity index (χ1n) is 8.16. The van der Waals surface area contributed by atoms with Crippen molar-refractivity contribution in [2.75, 3.05) is 17.2 Å². The second-order valence-corrected chi connectivity index (χ2v) is 5.99. The van der Waals surface area contributed by atoms with Crippen LogP contribution in [0.3, 0.4) is 0 Å². The van der Waals surface area contributed by atoms with Crippen LogP contribution in [0.25, 0.3) is 0 Å². The average Bonchev–Trinajstić information content (AvgIpc) is 2.61. The standard InChI is InChI=1S/C19H21N3O3S/c1-3-17(23)22-19(26)21-15-9-7-14(8-10-15)20-18(24)12-25-16-6-4-5-13(2)11-16/h4-11H,3,12H2,1-2H3,(H,20,24)(H2,21,22,23,26). The summed E-state index contributed by atoms with van der Waals surface area (Å²) in [6.07, 6.45) is 0.359. The molecule has 0 bridgehead atoms. The van der Waals surface area contributed by atoms with Crippen molar-refractivity contribution in [3.63, 3.8) is 0 Å². The lowest BCUT2D eigenvalue weighted by Crippen LogP contribution is -2.33. The number of carbonyl (C=O) groups excluding carboxylic acids is 2. The van der Waals surface area contributed by atoms with E-state index in [0.29, 0.717) is 23.5 Å². The summed E-state index contributed by atoms with van der Waals surface area (Å²) in [6.45, 7) is 3.64. The van der Waals surface area contributed by atoms with Crippen molar-refractivity contribution in [1.82, 2.24) is 5.32 Å². The highest BCUT2D eigenvalue weighted by Gasteiger charge is 2.05. The van der Waals surface area contributed by atoms with E-state index in [-0.39, 0.29) is 23.5 Å². The zero-order valence-electron chi connectivity index (χ0n) is 14.7. The topological polar surface area (TPSA) is 79.5 Å². The molecule has 2 aromatic rings. The molecule has 0 atom stereocenters. The number of ether oxygens (including phenoxy) is 1. The Balaban J connectivity index is 1.81. The number of amides is 2. The molecular weight excluding hydrogens is 350 g/mol. The fourth-order valence-corrected chi connectivity index (χ4v) is 2.30. The van der Waals surface area contributed by atoms with Gasteiger partial charge in [0.05, 0.1) is 0 Å². The lowest BCUT2D eigenvalue weighted by Gasteiger charge is -2.10. The third-order valence-electron chi connectivity index (χ3n) is 3.36. The third-order valence-corrected chi connectivity index (χ3v) is 3.56. The molecule has 6 nitrogen and oxygen atoms in total. The van der Waals surface area contributed by atoms with E-state index in [2.05, 4.69) is 16.0 Å². The van der Waals surface area contributed by atoms with Crippen LogP contribution in [0, 0.1) is 6.92 Å². The van der Waals surface area contributed by atoms with E-state index in [4.69, 9.17) is 17.0 Å². The quantitative estimate of drug-likeness (QED) is 0.680. The molecule has 0 aliphatic heterocycles. The number of benzene rings is 2. The number of nitrogens with one attached hydrogen (secondary N) is 3. The van der Waals surface area contributed by atoms with Gasteiger partial charge in [-0.25, -0.2) is 0 Å². The van der Waals surface area contributed by atoms with Crippen LogP contribution in [0.15, 0.2) is 48.5 Å². The van der Waals surface area contributed by atoms with Gasteiger partial charge in [0.15, 0.2) is 11.7 Å². The molecule has 0 aromatic heterocycles. The van der Waals surface area contributed by atoms with Gasteiger partial charge in [-0.3, -0.25) is 9.59 Å². The first kappa shape index (κ1) is 19.4. The van der Waals surface area contributed by atoms with E-state index < -0.39 is 0 Å². The molecule has 26 heavy (non-hydrogen) atoms. The van der Waals surface area contributed by atoms with Crippen molar-refractivity contribution in [2.24, 2.45) is 0 Å². The molecule has 0 spiro atoms. The molecule has 0 saturated heterocycles. The summed E-state index contributed by atoms with van der Waals surface area (Å²) in [6, 6.07) is 14.5. The fourth-order valence-electron chi connectivity index (χ4n) is 2.07. The highest BCUT2D eigenvalue weighted by Crippen LogP contribution is 2.15. The second kappa shape index (κ2) is 9.53. The van der Waals surface area contributed by atoms with Crippen molar-refractivity contribution in [3.8, 4) is 5.75 Å². The molecule has 0 unspecified atom stereocenters. The van der Waals surface area contributed by atoms with E-state index in [9.17, 15) is 9.59 Å². The van der Waals surface area contributed by atoms with Crippen LogP contribution in [0.5, 0.6) is 5.75 Å². The van der Waals surface area contributed by atoms with Gasteiger partial charge < -0.3 is 20.7 Å². The molecule has 136 valence electrons. The van der Waals surface area contributed by atoms with Gasteiger partial charge in [0.2, 0.25) is 5.91 Å². The number of hydrogen-bond donors (Lipinski definition) is 3. The smallest absolute Gasteiger partial charge is 0.262 e. The summed E-state index contributed by atoms with van der Waals surface area (Å²) in [5.41, 5.74) is 2.41. The lowest BCUT2D eigenvalue weighted by atomic mass is 10.2. The Labute approximate surface area is 157 Å². The number of rotatable bonds is 6. The summed E-state index contributed by atoms with van der Waals surface area (Å²) in [5, 5.41) is 8.45. The summed E-state index contributed by atoms with van der Waals surface area (Å²) in [7, 11) is 0. The summed E-state index contributed by atoms with van der Waals surface area (Å²) >= 11 is 5.04. The predicted octanol–water partition coefficient (Wildman–Crippen LogP) is 3.24. The van der Waals surface area contributed by atoms with Crippen LogP contribution >= 0.6 is 12.2 Å². The van der Waals surface area contributed by atoms with Gasteiger partial charge in [0.1, 0.15) is 5.75 Å².